The molecule has 0 bridgehead atoms. The van der Waals surface area contributed by atoms with Gasteiger partial charge >= 0.3 is 0 Å². The summed E-state index contributed by atoms with van der Waals surface area (Å²) in [4.78, 5) is 12.5. The molecular weight excluding hydrogens is 256 g/mol. The zero-order valence-corrected chi connectivity index (χ0v) is 14.2. The van der Waals surface area contributed by atoms with E-state index in [1.807, 2.05) is 12.1 Å². The van der Waals surface area contributed by atoms with E-state index in [2.05, 4.69) is 32.9 Å². The first-order valence-corrected chi connectivity index (χ1v) is 8.86. The molecule has 0 spiro atoms. The third-order valence-electron chi connectivity index (χ3n) is 4.33. The lowest BCUT2D eigenvalue weighted by Gasteiger charge is -2.13. The van der Waals surface area contributed by atoms with Crippen LogP contribution >= 0.6 is 0 Å². The fraction of sp³-hybridized carbons (Fsp3) is 0.650. The van der Waals surface area contributed by atoms with Gasteiger partial charge in [-0.05, 0) is 31.2 Å². The molecule has 0 aromatic heterocycles. The van der Waals surface area contributed by atoms with Crippen molar-refractivity contribution in [3.05, 3.63) is 35.4 Å². The number of hydrogen-bond donors (Lipinski definition) is 0. The SMILES string of the molecule is CCCCCCc1ccc(C(=O)C(CC)CCCC)cc1. The second kappa shape index (κ2) is 10.6. The molecule has 1 unspecified atom stereocenters. The van der Waals surface area contributed by atoms with Crippen LogP contribution in [0.5, 0.6) is 0 Å². The van der Waals surface area contributed by atoms with Gasteiger partial charge in [0, 0.05) is 11.5 Å². The van der Waals surface area contributed by atoms with E-state index in [0.29, 0.717) is 5.78 Å². The monoisotopic (exact) mass is 288 g/mol. The zero-order valence-electron chi connectivity index (χ0n) is 14.2. The Kier molecular flexibility index (Phi) is 9.05. The molecule has 0 aliphatic carbocycles. The van der Waals surface area contributed by atoms with Crippen molar-refractivity contribution in [2.45, 2.75) is 78.6 Å². The summed E-state index contributed by atoms with van der Waals surface area (Å²) in [5, 5.41) is 0. The zero-order chi connectivity index (χ0) is 15.5. The van der Waals surface area contributed by atoms with Crippen LogP contribution in [0.1, 0.15) is 88.1 Å². The molecule has 1 nitrogen and oxygen atoms in total. The Balaban J connectivity index is 2.53. The van der Waals surface area contributed by atoms with E-state index >= 15 is 0 Å². The highest BCUT2D eigenvalue weighted by Crippen LogP contribution is 2.19. The first-order valence-electron chi connectivity index (χ1n) is 8.86. The summed E-state index contributed by atoms with van der Waals surface area (Å²) < 4.78 is 0. The molecule has 0 aliphatic rings. The minimum Gasteiger partial charge on any atom is -0.294 e. The van der Waals surface area contributed by atoms with Gasteiger partial charge in [0.05, 0.1) is 0 Å². The molecule has 0 heterocycles. The average molecular weight is 288 g/mol. The largest absolute Gasteiger partial charge is 0.294 e. The normalized spacial score (nSPS) is 12.3. The Hall–Kier alpha value is -1.11. The van der Waals surface area contributed by atoms with E-state index in [4.69, 9.17) is 0 Å². The van der Waals surface area contributed by atoms with E-state index in [0.717, 1.165) is 31.2 Å². The van der Waals surface area contributed by atoms with Gasteiger partial charge < -0.3 is 0 Å². The van der Waals surface area contributed by atoms with Crippen LogP contribution in [-0.2, 0) is 6.42 Å². The van der Waals surface area contributed by atoms with Crippen molar-refractivity contribution in [2.24, 2.45) is 5.92 Å². The number of unbranched alkanes of at least 4 members (excludes halogenated alkanes) is 4. The van der Waals surface area contributed by atoms with Crippen LogP contribution in [0, 0.1) is 5.92 Å². The summed E-state index contributed by atoms with van der Waals surface area (Å²) in [6, 6.07) is 8.36. The Morgan fingerprint density at radius 3 is 2.14 bits per heavy atom. The van der Waals surface area contributed by atoms with Crippen LogP contribution < -0.4 is 0 Å². The Morgan fingerprint density at radius 2 is 1.57 bits per heavy atom. The summed E-state index contributed by atoms with van der Waals surface area (Å²) in [7, 11) is 0. The second-order valence-electron chi connectivity index (χ2n) is 6.12. The van der Waals surface area contributed by atoms with E-state index in [-0.39, 0.29) is 5.92 Å². The van der Waals surface area contributed by atoms with Gasteiger partial charge in [0.1, 0.15) is 0 Å². The summed E-state index contributed by atoms with van der Waals surface area (Å²) in [6.07, 6.45) is 10.6. The summed E-state index contributed by atoms with van der Waals surface area (Å²) in [5.41, 5.74) is 2.26. The standard InChI is InChI=1S/C20H32O/c1-4-7-9-10-11-17-13-15-19(16-14-17)20(21)18(6-3)12-8-5-2/h13-16,18H,4-12H2,1-3H3. The number of hydrogen-bond acceptors (Lipinski definition) is 1. The number of Topliss-reactive ketones (excluding diaryl/α,β-unsaturated/α-hetero) is 1. The van der Waals surface area contributed by atoms with Crippen molar-refractivity contribution in [2.75, 3.05) is 0 Å². The van der Waals surface area contributed by atoms with Crippen LogP contribution in [0.3, 0.4) is 0 Å². The molecule has 1 rings (SSSR count). The lowest BCUT2D eigenvalue weighted by molar-refractivity contribution is 0.0908. The topological polar surface area (TPSA) is 17.1 Å². The van der Waals surface area contributed by atoms with Crippen molar-refractivity contribution >= 4 is 5.78 Å². The van der Waals surface area contributed by atoms with Gasteiger partial charge in [0.15, 0.2) is 5.78 Å². The van der Waals surface area contributed by atoms with Gasteiger partial charge in [-0.15, -0.1) is 0 Å². The number of carbonyl (C=O) groups excluding carboxylic acids is 1. The van der Waals surface area contributed by atoms with Gasteiger partial charge in [-0.25, -0.2) is 0 Å². The highest BCUT2D eigenvalue weighted by molar-refractivity contribution is 5.97. The number of carbonyl (C=O) groups is 1. The van der Waals surface area contributed by atoms with Gasteiger partial charge in [0.25, 0.3) is 0 Å². The van der Waals surface area contributed by atoms with Gasteiger partial charge in [-0.3, -0.25) is 4.79 Å². The van der Waals surface area contributed by atoms with Crippen molar-refractivity contribution in [3.8, 4) is 0 Å². The molecule has 118 valence electrons. The van der Waals surface area contributed by atoms with Crippen molar-refractivity contribution in [1.29, 1.82) is 0 Å². The summed E-state index contributed by atoms with van der Waals surface area (Å²) >= 11 is 0. The smallest absolute Gasteiger partial charge is 0.165 e. The molecule has 0 saturated heterocycles. The molecule has 0 fully saturated rings. The maximum Gasteiger partial charge on any atom is 0.165 e. The number of benzene rings is 1. The molecule has 0 aliphatic heterocycles. The maximum atomic E-state index is 12.5. The molecule has 1 aromatic carbocycles. The molecule has 0 N–H and O–H groups in total. The van der Waals surface area contributed by atoms with E-state index in [1.165, 1.54) is 37.7 Å². The Morgan fingerprint density at radius 1 is 0.905 bits per heavy atom. The fourth-order valence-electron chi connectivity index (χ4n) is 2.80. The predicted octanol–water partition coefficient (Wildman–Crippen LogP) is 6.21. The molecule has 21 heavy (non-hydrogen) atoms. The third-order valence-corrected chi connectivity index (χ3v) is 4.33. The highest BCUT2D eigenvalue weighted by Gasteiger charge is 2.17. The molecule has 1 heteroatoms. The van der Waals surface area contributed by atoms with Crippen molar-refractivity contribution in [3.63, 3.8) is 0 Å². The van der Waals surface area contributed by atoms with Crippen molar-refractivity contribution in [1.82, 2.24) is 0 Å². The molecule has 1 aromatic rings. The number of aryl methyl sites for hydroxylation is 1. The third kappa shape index (κ3) is 6.46. The molecule has 0 saturated carbocycles. The average Bonchev–Trinajstić information content (AvgIpc) is 2.52. The quantitative estimate of drug-likeness (QED) is 0.349. The highest BCUT2D eigenvalue weighted by atomic mass is 16.1. The minimum atomic E-state index is 0.209. The van der Waals surface area contributed by atoms with Gasteiger partial charge in [0.2, 0.25) is 0 Å². The van der Waals surface area contributed by atoms with Crippen LogP contribution in [0.15, 0.2) is 24.3 Å². The predicted molar refractivity (Wildman–Crippen MR) is 91.9 cm³/mol. The summed E-state index contributed by atoms with van der Waals surface area (Å²) in [5.74, 6) is 0.545. The Bertz CT molecular complexity index is 391. The number of ketones is 1. The lowest BCUT2D eigenvalue weighted by Crippen LogP contribution is -2.14. The molecule has 0 amide bonds. The first-order chi connectivity index (χ1) is 10.2. The van der Waals surface area contributed by atoms with Crippen LogP contribution in [0.2, 0.25) is 0 Å². The van der Waals surface area contributed by atoms with Crippen LogP contribution in [-0.4, -0.2) is 5.78 Å². The molecule has 1 atom stereocenters. The van der Waals surface area contributed by atoms with Crippen molar-refractivity contribution < 1.29 is 4.79 Å². The van der Waals surface area contributed by atoms with E-state index in [1.54, 1.807) is 0 Å². The minimum absolute atomic E-state index is 0.209. The van der Waals surface area contributed by atoms with Crippen LogP contribution in [0.4, 0.5) is 0 Å². The van der Waals surface area contributed by atoms with E-state index in [9.17, 15) is 4.79 Å². The Labute approximate surface area is 131 Å². The second-order valence-corrected chi connectivity index (χ2v) is 6.12. The van der Waals surface area contributed by atoms with Crippen LogP contribution in [0.25, 0.3) is 0 Å². The molecular formula is C20H32O. The lowest BCUT2D eigenvalue weighted by atomic mass is 9.90. The fourth-order valence-corrected chi connectivity index (χ4v) is 2.80. The summed E-state index contributed by atoms with van der Waals surface area (Å²) in [6.45, 7) is 6.55. The van der Waals surface area contributed by atoms with Gasteiger partial charge in [-0.1, -0.05) is 77.1 Å². The number of rotatable bonds is 11. The maximum absolute atomic E-state index is 12.5. The first kappa shape index (κ1) is 17.9. The molecule has 0 radical (unpaired) electrons. The van der Waals surface area contributed by atoms with E-state index < -0.39 is 0 Å². The van der Waals surface area contributed by atoms with Gasteiger partial charge in [-0.2, -0.15) is 0 Å².